The molecule has 1 N–H and O–H groups in total. The van der Waals surface area contributed by atoms with Gasteiger partial charge in [0.1, 0.15) is 12.4 Å². The fourth-order valence-corrected chi connectivity index (χ4v) is 2.92. The van der Waals surface area contributed by atoms with Crippen LogP contribution in [0.5, 0.6) is 5.75 Å². The first-order valence-corrected chi connectivity index (χ1v) is 9.21. The second kappa shape index (κ2) is 8.17. The number of hydrogen-bond acceptors (Lipinski definition) is 6. The van der Waals surface area contributed by atoms with Gasteiger partial charge < -0.3 is 14.4 Å². The molecule has 0 radical (unpaired) electrons. The van der Waals surface area contributed by atoms with Crippen LogP contribution in [0.3, 0.4) is 0 Å². The molecule has 0 aliphatic heterocycles. The maximum Gasteiger partial charge on any atom is 0.416 e. The average molecular weight is 444 g/mol. The van der Waals surface area contributed by atoms with Crippen molar-refractivity contribution in [3.63, 3.8) is 0 Å². The Morgan fingerprint density at radius 1 is 1.12 bits per heavy atom. The van der Waals surface area contributed by atoms with E-state index in [4.69, 9.17) is 14.4 Å². The number of hydrogen-bond donors (Lipinski definition) is 1. The summed E-state index contributed by atoms with van der Waals surface area (Å²) in [6, 6.07) is 10.4. The van der Waals surface area contributed by atoms with Crippen LogP contribution < -0.4 is 4.74 Å². The number of carbonyl (C=O) groups is 1. The third kappa shape index (κ3) is 4.31. The smallest absolute Gasteiger partial charge is 0.416 e. The number of aromatic carboxylic acids is 1. The lowest BCUT2D eigenvalue weighted by Gasteiger charge is -2.10. The summed E-state index contributed by atoms with van der Waals surface area (Å²) in [4.78, 5) is 15.3. The summed E-state index contributed by atoms with van der Waals surface area (Å²) in [5.41, 5.74) is 1.01. The summed E-state index contributed by atoms with van der Waals surface area (Å²) in [6.07, 6.45) is -2.91. The van der Waals surface area contributed by atoms with Crippen LogP contribution in [0.1, 0.15) is 21.6 Å². The molecule has 0 saturated carbocycles. The van der Waals surface area contributed by atoms with E-state index in [-0.39, 0.29) is 29.6 Å². The maximum absolute atomic E-state index is 12.7. The number of ether oxygens (including phenoxy) is 1. The first-order chi connectivity index (χ1) is 15.2. The molecule has 32 heavy (non-hydrogen) atoms. The largest absolute Gasteiger partial charge is 0.487 e. The molecule has 4 aromatic rings. The van der Waals surface area contributed by atoms with E-state index in [2.05, 4.69) is 15.2 Å². The van der Waals surface area contributed by atoms with Crippen LogP contribution in [0, 0.1) is 0 Å². The van der Waals surface area contributed by atoms with Gasteiger partial charge in [-0.2, -0.15) is 23.3 Å². The van der Waals surface area contributed by atoms with E-state index in [0.717, 1.165) is 12.1 Å². The highest BCUT2D eigenvalue weighted by Gasteiger charge is 2.30. The Bertz CT molecular complexity index is 1250. The Hall–Kier alpha value is -4.15. The van der Waals surface area contributed by atoms with Crippen molar-refractivity contribution in [1.82, 2.24) is 19.9 Å². The average Bonchev–Trinajstić information content (AvgIpc) is 3.39. The first-order valence-electron chi connectivity index (χ1n) is 9.21. The zero-order valence-electron chi connectivity index (χ0n) is 16.5. The predicted octanol–water partition coefficient (Wildman–Crippen LogP) is 4.43. The van der Waals surface area contributed by atoms with Gasteiger partial charge in [-0.3, -0.25) is 4.68 Å². The summed E-state index contributed by atoms with van der Waals surface area (Å²) in [5, 5.41) is 17.1. The van der Waals surface area contributed by atoms with E-state index in [0.29, 0.717) is 16.8 Å². The summed E-state index contributed by atoms with van der Waals surface area (Å²) in [7, 11) is 1.68. The lowest BCUT2D eigenvalue weighted by molar-refractivity contribution is -0.137. The molecule has 0 saturated heterocycles. The van der Waals surface area contributed by atoms with E-state index in [1.165, 1.54) is 35.1 Å². The molecule has 4 rings (SSSR count). The van der Waals surface area contributed by atoms with Crippen molar-refractivity contribution in [3.05, 3.63) is 71.5 Å². The van der Waals surface area contributed by atoms with Crippen molar-refractivity contribution in [1.29, 1.82) is 0 Å². The second-order valence-electron chi connectivity index (χ2n) is 6.74. The highest BCUT2D eigenvalue weighted by Crippen LogP contribution is 2.31. The normalized spacial score (nSPS) is 11.5. The lowest BCUT2D eigenvalue weighted by atomic mass is 10.1. The Labute approximate surface area is 178 Å². The molecule has 0 atom stereocenters. The molecule has 2 heterocycles. The van der Waals surface area contributed by atoms with Gasteiger partial charge in [-0.15, -0.1) is 0 Å². The Balaban J connectivity index is 1.52. The molecule has 0 unspecified atom stereocenters. The first kappa shape index (κ1) is 21.1. The number of carboxylic acid groups (broad SMARTS) is 1. The van der Waals surface area contributed by atoms with Crippen LogP contribution in [0.15, 0.2) is 59.3 Å². The molecule has 11 heteroatoms. The van der Waals surface area contributed by atoms with E-state index >= 15 is 0 Å². The zero-order valence-corrected chi connectivity index (χ0v) is 16.5. The summed E-state index contributed by atoms with van der Waals surface area (Å²) >= 11 is 0. The van der Waals surface area contributed by atoms with Crippen molar-refractivity contribution in [2.75, 3.05) is 0 Å². The summed E-state index contributed by atoms with van der Waals surface area (Å²) < 4.78 is 50.6. The minimum absolute atomic E-state index is 0.00220. The predicted molar refractivity (Wildman–Crippen MR) is 105 cm³/mol. The molecule has 0 aliphatic rings. The molecule has 0 aliphatic carbocycles. The SMILES string of the molecule is Cn1ncc(-c2nc(-c3ccc(C(=O)O)cc3)no2)c1COc1ccc(C(F)(F)F)cc1. The quantitative estimate of drug-likeness (QED) is 0.469. The fourth-order valence-electron chi connectivity index (χ4n) is 2.92. The topological polar surface area (TPSA) is 103 Å². The third-order valence-corrected chi connectivity index (χ3v) is 4.67. The van der Waals surface area contributed by atoms with Gasteiger partial charge >= 0.3 is 12.1 Å². The van der Waals surface area contributed by atoms with Crippen LogP contribution in [0.25, 0.3) is 22.8 Å². The molecule has 2 aromatic carbocycles. The molecule has 164 valence electrons. The molecular weight excluding hydrogens is 429 g/mol. The van der Waals surface area contributed by atoms with Crippen LogP contribution in [-0.2, 0) is 19.8 Å². The minimum Gasteiger partial charge on any atom is -0.487 e. The number of alkyl halides is 3. The van der Waals surface area contributed by atoms with Gasteiger partial charge in [0, 0.05) is 12.6 Å². The zero-order chi connectivity index (χ0) is 22.9. The minimum atomic E-state index is -4.42. The lowest BCUT2D eigenvalue weighted by Crippen LogP contribution is -2.06. The second-order valence-corrected chi connectivity index (χ2v) is 6.74. The van der Waals surface area contributed by atoms with Crippen LogP contribution in [0.4, 0.5) is 13.2 Å². The van der Waals surface area contributed by atoms with Gasteiger partial charge in [0.25, 0.3) is 5.89 Å². The van der Waals surface area contributed by atoms with Gasteiger partial charge in [0.2, 0.25) is 5.82 Å². The number of halogens is 3. The Kier molecular flexibility index (Phi) is 5.39. The third-order valence-electron chi connectivity index (χ3n) is 4.67. The molecule has 8 nitrogen and oxygen atoms in total. The molecule has 0 amide bonds. The Morgan fingerprint density at radius 2 is 1.81 bits per heavy atom. The van der Waals surface area contributed by atoms with E-state index in [1.807, 2.05) is 0 Å². The number of rotatable bonds is 6. The molecular formula is C21H15F3N4O4. The van der Waals surface area contributed by atoms with Gasteiger partial charge in [0.15, 0.2) is 0 Å². The van der Waals surface area contributed by atoms with Gasteiger partial charge in [-0.05, 0) is 36.4 Å². The number of aromatic nitrogens is 4. The number of carboxylic acids is 1. The van der Waals surface area contributed by atoms with Crippen molar-refractivity contribution < 1.29 is 32.3 Å². The molecule has 0 bridgehead atoms. The highest BCUT2D eigenvalue weighted by molar-refractivity contribution is 5.88. The van der Waals surface area contributed by atoms with E-state index in [9.17, 15) is 18.0 Å². The van der Waals surface area contributed by atoms with E-state index < -0.39 is 17.7 Å². The van der Waals surface area contributed by atoms with E-state index in [1.54, 1.807) is 19.2 Å². The summed E-state index contributed by atoms with van der Waals surface area (Å²) in [6.45, 7) is 0.00220. The van der Waals surface area contributed by atoms with Crippen molar-refractivity contribution in [2.45, 2.75) is 12.8 Å². The van der Waals surface area contributed by atoms with Crippen LogP contribution in [-0.4, -0.2) is 31.0 Å². The van der Waals surface area contributed by atoms with Gasteiger partial charge in [-0.1, -0.05) is 17.3 Å². The fraction of sp³-hybridized carbons (Fsp3) is 0.143. The standard InChI is InChI=1S/C21H15F3N4O4/c1-28-17(11-31-15-8-6-14(7-9-15)21(22,23)24)16(10-25-28)19-26-18(27-32-19)12-2-4-13(5-3-12)20(29)30/h2-10H,11H2,1H3,(H,29,30). The number of benzene rings is 2. The van der Waals surface area contributed by atoms with Crippen LogP contribution >= 0.6 is 0 Å². The highest BCUT2D eigenvalue weighted by atomic mass is 19.4. The van der Waals surface area contributed by atoms with Crippen LogP contribution in [0.2, 0.25) is 0 Å². The molecule has 2 aromatic heterocycles. The van der Waals surface area contributed by atoms with Crippen molar-refractivity contribution in [2.24, 2.45) is 7.05 Å². The van der Waals surface area contributed by atoms with Crippen molar-refractivity contribution in [3.8, 4) is 28.6 Å². The number of aryl methyl sites for hydroxylation is 1. The maximum atomic E-state index is 12.7. The Morgan fingerprint density at radius 3 is 2.44 bits per heavy atom. The monoisotopic (exact) mass is 444 g/mol. The van der Waals surface area contributed by atoms with Gasteiger partial charge in [-0.25, -0.2) is 4.79 Å². The number of nitrogens with zero attached hydrogens (tertiary/aromatic N) is 4. The van der Waals surface area contributed by atoms with Crippen molar-refractivity contribution >= 4 is 5.97 Å². The molecule has 0 fully saturated rings. The van der Waals surface area contributed by atoms with Gasteiger partial charge in [0.05, 0.1) is 28.6 Å². The summed E-state index contributed by atoms with van der Waals surface area (Å²) in [5.74, 6) is -0.356. The molecule has 0 spiro atoms.